The molecular weight excluding hydrogens is 296 g/mol. The zero-order valence-electron chi connectivity index (χ0n) is 15.8. The van der Waals surface area contributed by atoms with Crippen molar-refractivity contribution in [1.82, 2.24) is 0 Å². The first-order chi connectivity index (χ1) is 11.2. The summed E-state index contributed by atoms with van der Waals surface area (Å²) >= 11 is 0. The lowest BCUT2D eigenvalue weighted by molar-refractivity contribution is 0.441. The fourth-order valence-corrected chi connectivity index (χ4v) is 3.18. The summed E-state index contributed by atoms with van der Waals surface area (Å²) in [6.07, 6.45) is 1.95. The maximum absolute atomic E-state index is 10.7. The van der Waals surface area contributed by atoms with Gasteiger partial charge in [-0.3, -0.25) is 0 Å². The van der Waals surface area contributed by atoms with E-state index >= 15 is 0 Å². The second kappa shape index (κ2) is 6.51. The number of hydrogen-bond donors (Lipinski definition) is 2. The largest absolute Gasteiger partial charge is 0.507 e. The molecule has 0 aromatic heterocycles. The van der Waals surface area contributed by atoms with Crippen molar-refractivity contribution in [2.45, 2.75) is 65.2 Å². The third-order valence-corrected chi connectivity index (χ3v) is 5.53. The zero-order valence-corrected chi connectivity index (χ0v) is 15.8. The molecule has 2 aromatic carbocycles. The third kappa shape index (κ3) is 3.15. The summed E-state index contributed by atoms with van der Waals surface area (Å²) in [5.41, 5.74) is 3.72. The van der Waals surface area contributed by atoms with Crippen molar-refractivity contribution in [2.24, 2.45) is 0 Å². The number of aromatic hydroxyl groups is 2. The van der Waals surface area contributed by atoms with Crippen LogP contribution in [0.15, 0.2) is 36.4 Å². The van der Waals surface area contributed by atoms with Crippen LogP contribution < -0.4 is 0 Å². The van der Waals surface area contributed by atoms with Crippen molar-refractivity contribution in [3.63, 3.8) is 0 Å². The van der Waals surface area contributed by atoms with Crippen LogP contribution in [0.4, 0.5) is 0 Å². The Kier molecular flexibility index (Phi) is 4.98. The predicted molar refractivity (Wildman–Crippen MR) is 102 cm³/mol. The molecule has 0 bridgehead atoms. The second-order valence-corrected chi connectivity index (χ2v) is 7.87. The van der Waals surface area contributed by atoms with Crippen molar-refractivity contribution >= 4 is 0 Å². The molecule has 0 aliphatic carbocycles. The fraction of sp³-hybridized carbons (Fsp3) is 0.455. The summed E-state index contributed by atoms with van der Waals surface area (Å²) in [5, 5.41) is 21.1. The summed E-state index contributed by atoms with van der Waals surface area (Å²) < 4.78 is 0. The van der Waals surface area contributed by atoms with Crippen molar-refractivity contribution in [2.75, 3.05) is 0 Å². The summed E-state index contributed by atoms with van der Waals surface area (Å²) in [5.74, 6) is 0.427. The maximum Gasteiger partial charge on any atom is 0.123 e. The van der Waals surface area contributed by atoms with Crippen molar-refractivity contribution in [1.29, 1.82) is 0 Å². The van der Waals surface area contributed by atoms with Gasteiger partial charge in [0, 0.05) is 11.1 Å². The van der Waals surface area contributed by atoms with E-state index in [9.17, 15) is 10.2 Å². The standard InChI is InChI=1S/C22H30O2/c1-7-21(3,4)16-13-14-18(24)19(20(16)22(5,6)8-2)15-11-9-10-12-17(15)23/h9-14,23-24H,7-8H2,1-6H3. The molecule has 0 unspecified atom stereocenters. The van der Waals surface area contributed by atoms with E-state index in [1.807, 2.05) is 12.1 Å². The van der Waals surface area contributed by atoms with Gasteiger partial charge in [-0.15, -0.1) is 0 Å². The van der Waals surface area contributed by atoms with E-state index in [0.717, 1.165) is 24.0 Å². The normalized spacial score (nSPS) is 12.4. The SMILES string of the molecule is CCC(C)(C)c1ccc(O)c(-c2ccccc2O)c1C(C)(C)CC. The first-order valence-corrected chi connectivity index (χ1v) is 8.81. The quantitative estimate of drug-likeness (QED) is 0.693. The van der Waals surface area contributed by atoms with E-state index in [1.54, 1.807) is 18.2 Å². The molecule has 0 amide bonds. The molecule has 0 saturated heterocycles. The highest BCUT2D eigenvalue weighted by atomic mass is 16.3. The number of phenolic OH excluding ortho intramolecular Hbond substituents is 2. The minimum absolute atomic E-state index is 0.00533. The second-order valence-electron chi connectivity index (χ2n) is 7.87. The molecule has 2 heteroatoms. The van der Waals surface area contributed by atoms with Crippen molar-refractivity contribution < 1.29 is 10.2 Å². The van der Waals surface area contributed by atoms with E-state index in [1.165, 1.54) is 5.56 Å². The van der Waals surface area contributed by atoms with E-state index in [4.69, 9.17) is 0 Å². The van der Waals surface area contributed by atoms with Crippen molar-refractivity contribution in [3.05, 3.63) is 47.5 Å². The minimum Gasteiger partial charge on any atom is -0.507 e. The number of para-hydroxylation sites is 1. The summed E-state index contributed by atoms with van der Waals surface area (Å²) in [7, 11) is 0. The van der Waals surface area contributed by atoms with Gasteiger partial charge in [-0.1, -0.05) is 65.8 Å². The molecule has 130 valence electrons. The van der Waals surface area contributed by atoms with Gasteiger partial charge < -0.3 is 10.2 Å². The third-order valence-electron chi connectivity index (χ3n) is 5.53. The van der Waals surface area contributed by atoms with Gasteiger partial charge in [0.25, 0.3) is 0 Å². The highest BCUT2D eigenvalue weighted by molar-refractivity contribution is 5.80. The Bertz CT molecular complexity index is 727. The average Bonchev–Trinajstić information content (AvgIpc) is 2.55. The van der Waals surface area contributed by atoms with E-state index < -0.39 is 0 Å². The molecule has 0 aliphatic heterocycles. The van der Waals surface area contributed by atoms with Crippen LogP contribution in [0.3, 0.4) is 0 Å². The topological polar surface area (TPSA) is 40.5 Å². The molecule has 0 radical (unpaired) electrons. The maximum atomic E-state index is 10.7. The molecule has 0 atom stereocenters. The highest BCUT2D eigenvalue weighted by Crippen LogP contribution is 2.48. The molecule has 0 aliphatic rings. The Morgan fingerprint density at radius 2 is 1.33 bits per heavy atom. The van der Waals surface area contributed by atoms with Gasteiger partial charge >= 0.3 is 0 Å². The molecule has 24 heavy (non-hydrogen) atoms. The molecule has 2 N–H and O–H groups in total. The van der Waals surface area contributed by atoms with Gasteiger partial charge in [-0.25, -0.2) is 0 Å². The molecule has 0 heterocycles. The van der Waals surface area contributed by atoms with Gasteiger partial charge in [0.05, 0.1) is 0 Å². The van der Waals surface area contributed by atoms with Crippen LogP contribution in [0.1, 0.15) is 65.5 Å². The lowest BCUT2D eigenvalue weighted by Crippen LogP contribution is -2.26. The van der Waals surface area contributed by atoms with E-state index in [2.05, 4.69) is 47.6 Å². The van der Waals surface area contributed by atoms with Gasteiger partial charge in [-0.2, -0.15) is 0 Å². The molecule has 0 spiro atoms. The summed E-state index contributed by atoms with van der Waals surface area (Å²) in [4.78, 5) is 0. The Balaban J connectivity index is 2.94. The lowest BCUT2D eigenvalue weighted by atomic mass is 9.68. The highest BCUT2D eigenvalue weighted by Gasteiger charge is 2.33. The van der Waals surface area contributed by atoms with Crippen LogP contribution in [0.25, 0.3) is 11.1 Å². The molecule has 2 nitrogen and oxygen atoms in total. The van der Waals surface area contributed by atoms with Gasteiger partial charge in [-0.05, 0) is 46.9 Å². The Hall–Kier alpha value is -1.96. The summed E-state index contributed by atoms with van der Waals surface area (Å²) in [6.45, 7) is 13.3. The van der Waals surface area contributed by atoms with Crippen LogP contribution >= 0.6 is 0 Å². The van der Waals surface area contributed by atoms with Gasteiger partial charge in [0.1, 0.15) is 11.5 Å². The van der Waals surface area contributed by atoms with Crippen molar-refractivity contribution in [3.8, 4) is 22.6 Å². The Morgan fingerprint density at radius 1 is 0.750 bits per heavy atom. The van der Waals surface area contributed by atoms with E-state index in [-0.39, 0.29) is 22.3 Å². The minimum atomic E-state index is -0.113. The number of hydrogen-bond acceptors (Lipinski definition) is 2. The van der Waals surface area contributed by atoms with Crippen LogP contribution in [-0.2, 0) is 10.8 Å². The molecular formula is C22H30O2. The van der Waals surface area contributed by atoms with Crippen LogP contribution in [0.2, 0.25) is 0 Å². The molecule has 0 saturated carbocycles. The predicted octanol–water partition coefficient (Wildman–Crippen LogP) is 6.14. The summed E-state index contributed by atoms with van der Waals surface area (Å²) in [6, 6.07) is 11.1. The zero-order chi connectivity index (χ0) is 18.1. The van der Waals surface area contributed by atoms with Crippen LogP contribution in [0, 0.1) is 0 Å². The lowest BCUT2D eigenvalue weighted by Gasteiger charge is -2.36. The fourth-order valence-electron chi connectivity index (χ4n) is 3.18. The van der Waals surface area contributed by atoms with Gasteiger partial charge in [0.2, 0.25) is 0 Å². The number of phenols is 2. The molecule has 2 rings (SSSR count). The first-order valence-electron chi connectivity index (χ1n) is 8.81. The average molecular weight is 326 g/mol. The van der Waals surface area contributed by atoms with Crippen LogP contribution in [-0.4, -0.2) is 10.2 Å². The smallest absolute Gasteiger partial charge is 0.123 e. The van der Waals surface area contributed by atoms with Gasteiger partial charge in [0.15, 0.2) is 0 Å². The first kappa shape index (κ1) is 18.4. The number of benzene rings is 2. The monoisotopic (exact) mass is 326 g/mol. The molecule has 0 fully saturated rings. The van der Waals surface area contributed by atoms with Crippen LogP contribution in [0.5, 0.6) is 11.5 Å². The Morgan fingerprint density at radius 3 is 1.88 bits per heavy atom. The molecule has 2 aromatic rings. The van der Waals surface area contributed by atoms with E-state index in [0.29, 0.717) is 5.56 Å². The number of rotatable bonds is 5. The Labute approximate surface area is 146 Å².